The highest BCUT2D eigenvalue weighted by atomic mass is 16.3. The zero-order chi connectivity index (χ0) is 10.9. The van der Waals surface area contributed by atoms with E-state index >= 15 is 0 Å². The summed E-state index contributed by atoms with van der Waals surface area (Å²) in [6.07, 6.45) is 1.06. The Bertz CT molecular complexity index is 305. The summed E-state index contributed by atoms with van der Waals surface area (Å²) in [6, 6.07) is 4.12. The predicted octanol–water partition coefficient (Wildman–Crippen LogP) is 2.45. The Morgan fingerprint density at radius 1 is 1.36 bits per heavy atom. The summed E-state index contributed by atoms with van der Waals surface area (Å²) in [5, 5.41) is 9.90. The van der Waals surface area contributed by atoms with Crippen LogP contribution in [0.3, 0.4) is 0 Å². The third-order valence-electron chi connectivity index (χ3n) is 2.47. The molecule has 0 bridgehead atoms. The van der Waals surface area contributed by atoms with Crippen LogP contribution in [0.4, 0.5) is 0 Å². The lowest BCUT2D eigenvalue weighted by Gasteiger charge is -2.19. The molecule has 0 aliphatic heterocycles. The fraction of sp³-hybridized carbons (Fsp3) is 0.667. The third-order valence-corrected chi connectivity index (χ3v) is 2.47. The minimum atomic E-state index is -0.746. The van der Waals surface area contributed by atoms with E-state index in [0.29, 0.717) is 5.92 Å². The van der Waals surface area contributed by atoms with Crippen molar-refractivity contribution in [3.63, 3.8) is 0 Å². The molecule has 0 aliphatic carbocycles. The number of aliphatic hydroxyl groups is 1. The fourth-order valence-corrected chi connectivity index (χ4v) is 1.79. The summed E-state index contributed by atoms with van der Waals surface area (Å²) in [6.45, 7) is 8.05. The minimum absolute atomic E-state index is 0.651. The van der Waals surface area contributed by atoms with Gasteiger partial charge in [-0.1, -0.05) is 13.8 Å². The van der Waals surface area contributed by atoms with E-state index in [9.17, 15) is 5.11 Å². The van der Waals surface area contributed by atoms with Crippen molar-refractivity contribution in [3.8, 4) is 0 Å². The van der Waals surface area contributed by atoms with E-state index in [2.05, 4.69) is 24.5 Å². The van der Waals surface area contributed by atoms with Crippen LogP contribution < -0.4 is 0 Å². The van der Waals surface area contributed by atoms with E-state index in [1.807, 2.05) is 27.0 Å². The van der Waals surface area contributed by atoms with Crippen molar-refractivity contribution in [2.75, 3.05) is 0 Å². The van der Waals surface area contributed by atoms with Crippen molar-refractivity contribution in [2.24, 2.45) is 13.0 Å². The first-order valence-corrected chi connectivity index (χ1v) is 5.20. The first-order valence-electron chi connectivity index (χ1n) is 5.20. The number of rotatable bonds is 3. The number of aromatic nitrogens is 1. The zero-order valence-corrected chi connectivity index (χ0v) is 9.83. The maximum atomic E-state index is 9.90. The van der Waals surface area contributed by atoms with E-state index < -0.39 is 5.60 Å². The van der Waals surface area contributed by atoms with E-state index in [1.165, 1.54) is 5.69 Å². The molecule has 0 aliphatic rings. The lowest BCUT2D eigenvalue weighted by Crippen LogP contribution is -2.20. The molecule has 0 atom stereocenters. The second-order valence-corrected chi connectivity index (χ2v) is 4.93. The quantitative estimate of drug-likeness (QED) is 0.787. The molecule has 1 rings (SSSR count). The van der Waals surface area contributed by atoms with Crippen LogP contribution in [0.2, 0.25) is 0 Å². The van der Waals surface area contributed by atoms with Gasteiger partial charge in [0.1, 0.15) is 0 Å². The third kappa shape index (κ3) is 2.38. The van der Waals surface area contributed by atoms with Gasteiger partial charge >= 0.3 is 0 Å². The second kappa shape index (κ2) is 3.77. The molecule has 1 heterocycles. The molecular weight excluding hydrogens is 174 g/mol. The van der Waals surface area contributed by atoms with Crippen LogP contribution in [0.1, 0.15) is 39.1 Å². The van der Waals surface area contributed by atoms with Crippen molar-refractivity contribution in [1.29, 1.82) is 0 Å². The molecule has 14 heavy (non-hydrogen) atoms. The Kier molecular flexibility index (Phi) is 3.05. The topological polar surface area (TPSA) is 25.2 Å². The molecule has 1 aromatic heterocycles. The van der Waals surface area contributed by atoms with Gasteiger partial charge in [-0.2, -0.15) is 0 Å². The summed E-state index contributed by atoms with van der Waals surface area (Å²) < 4.78 is 2.10. The van der Waals surface area contributed by atoms with Crippen molar-refractivity contribution >= 4 is 0 Å². The molecule has 0 saturated carbocycles. The maximum absolute atomic E-state index is 9.90. The molecule has 0 unspecified atom stereocenters. The molecule has 0 radical (unpaired) electrons. The first kappa shape index (κ1) is 11.3. The molecule has 0 aromatic carbocycles. The number of hydrogen-bond acceptors (Lipinski definition) is 1. The van der Waals surface area contributed by atoms with E-state index in [4.69, 9.17) is 0 Å². The molecule has 0 saturated heterocycles. The Balaban J connectivity index is 2.97. The normalized spacial score (nSPS) is 12.5. The van der Waals surface area contributed by atoms with Gasteiger partial charge in [-0.05, 0) is 38.3 Å². The van der Waals surface area contributed by atoms with Crippen LogP contribution in [0, 0.1) is 5.92 Å². The van der Waals surface area contributed by atoms with Crippen LogP contribution in [-0.4, -0.2) is 9.67 Å². The Morgan fingerprint density at radius 2 is 1.93 bits per heavy atom. The van der Waals surface area contributed by atoms with Crippen molar-refractivity contribution in [3.05, 3.63) is 23.5 Å². The zero-order valence-electron chi connectivity index (χ0n) is 9.83. The number of nitrogens with zero attached hydrogens (tertiary/aromatic N) is 1. The predicted molar refractivity (Wildman–Crippen MR) is 59.2 cm³/mol. The summed E-state index contributed by atoms with van der Waals surface area (Å²) in [7, 11) is 2.02. The van der Waals surface area contributed by atoms with Gasteiger partial charge in [0, 0.05) is 18.4 Å². The Labute approximate surface area is 86.6 Å². The lowest BCUT2D eigenvalue weighted by molar-refractivity contribution is 0.0705. The van der Waals surface area contributed by atoms with Crippen molar-refractivity contribution in [2.45, 2.75) is 39.7 Å². The summed E-state index contributed by atoms with van der Waals surface area (Å²) in [5.74, 6) is 0.651. The highest BCUT2D eigenvalue weighted by Crippen LogP contribution is 2.22. The average Bonchev–Trinajstić information content (AvgIpc) is 2.30. The Hall–Kier alpha value is -0.760. The summed E-state index contributed by atoms with van der Waals surface area (Å²) in [4.78, 5) is 0. The molecule has 0 fully saturated rings. The van der Waals surface area contributed by atoms with Crippen LogP contribution in [0.15, 0.2) is 12.1 Å². The molecule has 0 spiro atoms. The molecule has 1 N–H and O–H groups in total. The largest absolute Gasteiger partial charge is 0.384 e. The Morgan fingerprint density at radius 3 is 2.29 bits per heavy atom. The highest BCUT2D eigenvalue weighted by molar-refractivity contribution is 5.20. The van der Waals surface area contributed by atoms with Crippen molar-refractivity contribution < 1.29 is 5.11 Å². The molecule has 80 valence electrons. The van der Waals surface area contributed by atoms with Crippen LogP contribution in [-0.2, 0) is 19.1 Å². The highest BCUT2D eigenvalue weighted by Gasteiger charge is 2.20. The monoisotopic (exact) mass is 195 g/mol. The SMILES string of the molecule is CC(C)Cc1ccc(C(C)(C)O)n1C. The van der Waals surface area contributed by atoms with Gasteiger partial charge < -0.3 is 9.67 Å². The van der Waals surface area contributed by atoms with Crippen LogP contribution in [0.5, 0.6) is 0 Å². The number of hydrogen-bond donors (Lipinski definition) is 1. The van der Waals surface area contributed by atoms with Gasteiger partial charge in [0.05, 0.1) is 5.60 Å². The van der Waals surface area contributed by atoms with E-state index in [-0.39, 0.29) is 0 Å². The van der Waals surface area contributed by atoms with Crippen molar-refractivity contribution in [1.82, 2.24) is 4.57 Å². The smallest absolute Gasteiger partial charge is 0.0989 e. The minimum Gasteiger partial charge on any atom is -0.384 e. The van der Waals surface area contributed by atoms with E-state index in [0.717, 1.165) is 12.1 Å². The van der Waals surface area contributed by atoms with Gasteiger partial charge in [-0.15, -0.1) is 0 Å². The van der Waals surface area contributed by atoms with Crippen LogP contribution in [0.25, 0.3) is 0 Å². The van der Waals surface area contributed by atoms with Crippen LogP contribution >= 0.6 is 0 Å². The molecule has 1 aromatic rings. The summed E-state index contributed by atoms with van der Waals surface area (Å²) >= 11 is 0. The van der Waals surface area contributed by atoms with Gasteiger partial charge in [0.25, 0.3) is 0 Å². The molecule has 2 nitrogen and oxygen atoms in total. The summed E-state index contributed by atoms with van der Waals surface area (Å²) in [5.41, 5.74) is 1.52. The molecule has 2 heteroatoms. The second-order valence-electron chi connectivity index (χ2n) is 4.93. The first-order chi connectivity index (χ1) is 6.32. The van der Waals surface area contributed by atoms with Gasteiger partial charge in [-0.3, -0.25) is 0 Å². The van der Waals surface area contributed by atoms with E-state index in [1.54, 1.807) is 0 Å². The molecular formula is C12H21NO. The van der Waals surface area contributed by atoms with Gasteiger partial charge in [0.15, 0.2) is 0 Å². The lowest BCUT2D eigenvalue weighted by atomic mass is 10.1. The fourth-order valence-electron chi connectivity index (χ4n) is 1.79. The average molecular weight is 195 g/mol. The van der Waals surface area contributed by atoms with Gasteiger partial charge in [-0.25, -0.2) is 0 Å². The maximum Gasteiger partial charge on any atom is 0.0989 e. The molecule has 0 amide bonds. The van der Waals surface area contributed by atoms with Gasteiger partial charge in [0.2, 0.25) is 0 Å². The standard InChI is InChI=1S/C12H21NO/c1-9(2)8-10-6-7-11(13(10)5)12(3,4)14/h6-7,9,14H,8H2,1-5H3.